The Balaban J connectivity index is 1.44. The summed E-state index contributed by atoms with van der Waals surface area (Å²) in [6.07, 6.45) is 6.97. The Kier molecular flexibility index (Phi) is 7.23. The van der Waals surface area contributed by atoms with Gasteiger partial charge in [0.2, 0.25) is 5.91 Å². The van der Waals surface area contributed by atoms with Crippen LogP contribution in [0.1, 0.15) is 54.4 Å². The molecule has 0 saturated heterocycles. The van der Waals surface area contributed by atoms with Crippen molar-refractivity contribution >= 4 is 29.0 Å². The number of hydrogen-bond acceptors (Lipinski definition) is 5. The van der Waals surface area contributed by atoms with Crippen LogP contribution in [0.3, 0.4) is 0 Å². The van der Waals surface area contributed by atoms with Crippen molar-refractivity contribution in [2.24, 2.45) is 0 Å². The fourth-order valence-electron chi connectivity index (χ4n) is 3.98. The maximum Gasteiger partial charge on any atom is 0.233 e. The number of hydrogen-bond donors (Lipinski definition) is 0. The predicted octanol–water partition coefficient (Wildman–Crippen LogP) is 5.19. The van der Waals surface area contributed by atoms with E-state index in [4.69, 9.17) is 0 Å². The minimum absolute atomic E-state index is 0.113. The first-order chi connectivity index (χ1) is 14.7. The number of nitrogens with zero attached hydrogens (tertiary/aromatic N) is 4. The third-order valence-corrected chi connectivity index (χ3v) is 7.40. The number of carbonyl (C=O) groups excluding carboxylic acids is 1. The first-order valence-corrected chi connectivity index (χ1v) is 12.4. The number of thiophene rings is 1. The van der Waals surface area contributed by atoms with Gasteiger partial charge in [-0.25, -0.2) is 0 Å². The molecule has 0 radical (unpaired) electrons. The van der Waals surface area contributed by atoms with Crippen molar-refractivity contribution < 1.29 is 4.79 Å². The van der Waals surface area contributed by atoms with E-state index in [-0.39, 0.29) is 5.91 Å². The number of benzene rings is 1. The number of rotatable bonds is 8. The Hall–Kier alpha value is -2.12. The van der Waals surface area contributed by atoms with E-state index in [1.54, 1.807) is 16.2 Å². The van der Waals surface area contributed by atoms with Crippen LogP contribution in [0.4, 0.5) is 0 Å². The fourth-order valence-corrected chi connectivity index (χ4v) is 5.65. The lowest BCUT2D eigenvalue weighted by Gasteiger charge is -2.25. The predicted molar refractivity (Wildman–Crippen MR) is 123 cm³/mol. The minimum atomic E-state index is 0.113. The Labute approximate surface area is 186 Å². The lowest BCUT2D eigenvalue weighted by atomic mass is 9.95. The Morgan fingerprint density at radius 3 is 2.67 bits per heavy atom. The normalized spacial score (nSPS) is 14.7. The van der Waals surface area contributed by atoms with Crippen molar-refractivity contribution in [3.8, 4) is 0 Å². The molecule has 158 valence electrons. The third-order valence-electron chi connectivity index (χ3n) is 5.60. The van der Waals surface area contributed by atoms with Gasteiger partial charge in [-0.15, -0.1) is 21.5 Å². The molecule has 0 atom stereocenters. The highest BCUT2D eigenvalue weighted by molar-refractivity contribution is 7.99. The lowest BCUT2D eigenvalue weighted by Crippen LogP contribution is -2.28. The first kappa shape index (κ1) is 21.1. The van der Waals surface area contributed by atoms with Crippen LogP contribution in [-0.4, -0.2) is 38.4 Å². The van der Waals surface area contributed by atoms with E-state index in [1.807, 2.05) is 37.4 Å². The first-order valence-electron chi connectivity index (χ1n) is 10.6. The monoisotopic (exact) mass is 440 g/mol. The van der Waals surface area contributed by atoms with Gasteiger partial charge in [-0.3, -0.25) is 4.79 Å². The van der Waals surface area contributed by atoms with Gasteiger partial charge in [0.25, 0.3) is 0 Å². The Bertz CT molecular complexity index is 934. The van der Waals surface area contributed by atoms with Gasteiger partial charge < -0.3 is 9.47 Å². The van der Waals surface area contributed by atoms with Crippen LogP contribution in [0.15, 0.2) is 53.0 Å². The van der Waals surface area contributed by atoms with Crippen LogP contribution in [0.5, 0.6) is 0 Å². The topological polar surface area (TPSA) is 51.0 Å². The second-order valence-electron chi connectivity index (χ2n) is 7.84. The molecule has 3 aromatic rings. The summed E-state index contributed by atoms with van der Waals surface area (Å²) in [7, 11) is 1.87. The van der Waals surface area contributed by atoms with E-state index in [1.165, 1.54) is 48.7 Å². The van der Waals surface area contributed by atoms with Crippen LogP contribution < -0.4 is 0 Å². The van der Waals surface area contributed by atoms with E-state index in [0.29, 0.717) is 18.3 Å². The summed E-state index contributed by atoms with van der Waals surface area (Å²) in [5, 5.41) is 12.0. The largest absolute Gasteiger partial charge is 0.341 e. The number of aromatic nitrogens is 3. The van der Waals surface area contributed by atoms with Gasteiger partial charge in [-0.1, -0.05) is 67.4 Å². The molecule has 1 saturated carbocycles. The van der Waals surface area contributed by atoms with Crippen molar-refractivity contribution in [1.82, 2.24) is 19.7 Å². The third kappa shape index (κ3) is 5.32. The molecular weight excluding hydrogens is 412 g/mol. The van der Waals surface area contributed by atoms with E-state index in [9.17, 15) is 4.79 Å². The lowest BCUT2D eigenvalue weighted by molar-refractivity contribution is -0.127. The standard InChI is InChI=1S/C23H28N4OS2/c1-26(16-18-9-4-2-5-10-18)22(28)17-30-23-25-24-21(15-20-13-8-14-29-20)27(23)19-11-6-3-7-12-19/h2,4-5,8-10,13-14,19H,3,6-7,11-12,15-17H2,1H3. The van der Waals surface area contributed by atoms with Gasteiger partial charge in [0, 0.05) is 30.9 Å². The zero-order valence-corrected chi connectivity index (χ0v) is 19.0. The summed E-state index contributed by atoms with van der Waals surface area (Å²) < 4.78 is 2.33. The Morgan fingerprint density at radius 2 is 1.93 bits per heavy atom. The molecule has 0 bridgehead atoms. The van der Waals surface area contributed by atoms with E-state index < -0.39 is 0 Å². The molecule has 0 spiro atoms. The van der Waals surface area contributed by atoms with Crippen molar-refractivity contribution in [3.63, 3.8) is 0 Å². The quantitative estimate of drug-likeness (QED) is 0.453. The van der Waals surface area contributed by atoms with Crippen molar-refractivity contribution in [2.45, 2.75) is 56.3 Å². The molecule has 1 aliphatic carbocycles. The molecule has 1 amide bonds. The van der Waals surface area contributed by atoms with Crippen molar-refractivity contribution in [3.05, 3.63) is 64.1 Å². The average molecular weight is 441 g/mol. The molecular formula is C23H28N4OS2. The highest BCUT2D eigenvalue weighted by Crippen LogP contribution is 2.33. The molecule has 2 aromatic heterocycles. The summed E-state index contributed by atoms with van der Waals surface area (Å²) in [6, 6.07) is 14.8. The highest BCUT2D eigenvalue weighted by Gasteiger charge is 2.24. The average Bonchev–Trinajstić information content (AvgIpc) is 3.43. The smallest absolute Gasteiger partial charge is 0.233 e. The van der Waals surface area contributed by atoms with Crippen LogP contribution in [0, 0.1) is 0 Å². The zero-order valence-electron chi connectivity index (χ0n) is 17.4. The minimum Gasteiger partial charge on any atom is -0.341 e. The summed E-state index contributed by atoms with van der Waals surface area (Å²) in [6.45, 7) is 0.624. The second-order valence-corrected chi connectivity index (χ2v) is 9.82. The number of carbonyl (C=O) groups is 1. The van der Waals surface area contributed by atoms with Crippen LogP contribution in [0.2, 0.25) is 0 Å². The van der Waals surface area contributed by atoms with Gasteiger partial charge in [0.05, 0.1) is 5.75 Å². The molecule has 0 aliphatic heterocycles. The fraction of sp³-hybridized carbons (Fsp3) is 0.435. The molecule has 1 aliphatic rings. The molecule has 5 nitrogen and oxygen atoms in total. The summed E-state index contributed by atoms with van der Waals surface area (Å²) in [5.74, 6) is 1.52. The SMILES string of the molecule is CN(Cc1ccccc1)C(=O)CSc1nnc(Cc2cccs2)n1C1CCCCC1. The number of thioether (sulfide) groups is 1. The van der Waals surface area contributed by atoms with Crippen LogP contribution in [0.25, 0.3) is 0 Å². The molecule has 30 heavy (non-hydrogen) atoms. The molecule has 1 aromatic carbocycles. The van der Waals surface area contributed by atoms with Gasteiger partial charge in [0.1, 0.15) is 5.82 Å². The maximum atomic E-state index is 12.7. The summed E-state index contributed by atoms with van der Waals surface area (Å²) >= 11 is 3.28. The molecule has 1 fully saturated rings. The molecule has 0 unspecified atom stereocenters. The summed E-state index contributed by atoms with van der Waals surface area (Å²) in [4.78, 5) is 15.8. The van der Waals surface area contributed by atoms with Gasteiger partial charge in [-0.05, 0) is 29.9 Å². The second kappa shape index (κ2) is 10.3. The van der Waals surface area contributed by atoms with Crippen molar-refractivity contribution in [1.29, 1.82) is 0 Å². The molecule has 0 N–H and O–H groups in total. The highest BCUT2D eigenvalue weighted by atomic mass is 32.2. The summed E-state index contributed by atoms with van der Waals surface area (Å²) in [5.41, 5.74) is 1.14. The number of amides is 1. The van der Waals surface area contributed by atoms with Gasteiger partial charge >= 0.3 is 0 Å². The Morgan fingerprint density at radius 1 is 1.13 bits per heavy atom. The molecule has 2 heterocycles. The maximum absolute atomic E-state index is 12.7. The van der Waals surface area contributed by atoms with Gasteiger partial charge in [0.15, 0.2) is 5.16 Å². The van der Waals surface area contributed by atoms with Crippen LogP contribution in [-0.2, 0) is 17.8 Å². The zero-order chi connectivity index (χ0) is 20.8. The van der Waals surface area contributed by atoms with E-state index in [2.05, 4.69) is 32.3 Å². The van der Waals surface area contributed by atoms with Gasteiger partial charge in [-0.2, -0.15) is 0 Å². The van der Waals surface area contributed by atoms with E-state index in [0.717, 1.165) is 23.0 Å². The van der Waals surface area contributed by atoms with E-state index >= 15 is 0 Å². The molecule has 4 rings (SSSR count). The van der Waals surface area contributed by atoms with Crippen molar-refractivity contribution in [2.75, 3.05) is 12.8 Å². The van der Waals surface area contributed by atoms with Crippen LogP contribution >= 0.6 is 23.1 Å². The molecule has 7 heteroatoms.